The summed E-state index contributed by atoms with van der Waals surface area (Å²) in [5.74, 6) is 10.3. The Labute approximate surface area is 100 Å². The van der Waals surface area contributed by atoms with E-state index in [4.69, 9.17) is 0 Å². The number of rotatable bonds is 4. The molecule has 0 radical (unpaired) electrons. The third-order valence-electron chi connectivity index (χ3n) is 6.35. The molecule has 4 saturated carbocycles. The fourth-order valence-corrected chi connectivity index (χ4v) is 4.88. The van der Waals surface area contributed by atoms with E-state index in [0.717, 1.165) is 17.8 Å². The number of hydrogen-bond donors (Lipinski definition) is 0. The molecule has 16 heavy (non-hydrogen) atoms. The Morgan fingerprint density at radius 2 is 1.19 bits per heavy atom. The predicted octanol–water partition coefficient (Wildman–Crippen LogP) is 4.21. The molecule has 8 atom stereocenters. The van der Waals surface area contributed by atoms with E-state index in [0.29, 0.717) is 0 Å². The summed E-state index contributed by atoms with van der Waals surface area (Å²) in [5, 5.41) is 0. The lowest BCUT2D eigenvalue weighted by molar-refractivity contribution is 0.455. The molecule has 0 heteroatoms. The van der Waals surface area contributed by atoms with Crippen LogP contribution >= 0.6 is 0 Å². The van der Waals surface area contributed by atoms with Crippen LogP contribution in [0.1, 0.15) is 46.5 Å². The Morgan fingerprint density at radius 1 is 0.688 bits per heavy atom. The van der Waals surface area contributed by atoms with Gasteiger partial charge >= 0.3 is 0 Å². The summed E-state index contributed by atoms with van der Waals surface area (Å²) in [6.45, 7) is 7.31. The molecular weight excluding hydrogens is 192 g/mol. The first-order valence-electron chi connectivity index (χ1n) is 7.66. The first kappa shape index (κ1) is 9.97. The standard InChI is InChI=1S/C16H26/c1-8(2)10-5-12(10)14-7-16(14)15-6-13(15)11-4-9(11)3/h8-16H,4-7H2,1-3H3. The van der Waals surface area contributed by atoms with Gasteiger partial charge in [0.1, 0.15) is 0 Å². The maximum atomic E-state index is 2.46. The fraction of sp³-hybridized carbons (Fsp3) is 1.00. The minimum Gasteiger partial charge on any atom is -0.0625 e. The van der Waals surface area contributed by atoms with Crippen molar-refractivity contribution in [3.8, 4) is 0 Å². The molecule has 4 fully saturated rings. The van der Waals surface area contributed by atoms with Gasteiger partial charge in [-0.3, -0.25) is 0 Å². The second-order valence-corrected chi connectivity index (χ2v) is 7.81. The van der Waals surface area contributed by atoms with Gasteiger partial charge in [0.05, 0.1) is 0 Å². The highest BCUT2D eigenvalue weighted by Crippen LogP contribution is 2.70. The monoisotopic (exact) mass is 218 g/mol. The van der Waals surface area contributed by atoms with Crippen LogP contribution in [0.15, 0.2) is 0 Å². The molecule has 0 nitrogen and oxygen atoms in total. The third-order valence-corrected chi connectivity index (χ3v) is 6.35. The molecule has 8 unspecified atom stereocenters. The summed E-state index contributed by atoms with van der Waals surface area (Å²) in [5.41, 5.74) is 0. The molecule has 0 amide bonds. The van der Waals surface area contributed by atoms with Gasteiger partial charge in [-0.1, -0.05) is 20.8 Å². The minimum atomic E-state index is 0.963. The Hall–Kier alpha value is 0. The zero-order valence-electron chi connectivity index (χ0n) is 11.0. The van der Waals surface area contributed by atoms with Crippen molar-refractivity contribution in [1.82, 2.24) is 0 Å². The third kappa shape index (κ3) is 1.48. The molecule has 0 bridgehead atoms. The first-order valence-corrected chi connectivity index (χ1v) is 7.66. The Morgan fingerprint density at radius 3 is 1.62 bits per heavy atom. The number of hydrogen-bond acceptors (Lipinski definition) is 0. The average Bonchev–Trinajstić information content (AvgIpc) is 2.96. The van der Waals surface area contributed by atoms with E-state index in [1.807, 2.05) is 0 Å². The second kappa shape index (κ2) is 3.06. The van der Waals surface area contributed by atoms with Gasteiger partial charge in [-0.15, -0.1) is 0 Å². The van der Waals surface area contributed by atoms with Gasteiger partial charge in [0.25, 0.3) is 0 Å². The lowest BCUT2D eigenvalue weighted by Crippen LogP contribution is -1.97. The van der Waals surface area contributed by atoms with Gasteiger partial charge in [0, 0.05) is 0 Å². The van der Waals surface area contributed by atoms with Crippen LogP contribution in [0.2, 0.25) is 0 Å². The van der Waals surface area contributed by atoms with E-state index < -0.39 is 0 Å². The van der Waals surface area contributed by atoms with Crippen LogP contribution in [0.5, 0.6) is 0 Å². The molecule has 0 aliphatic heterocycles. The summed E-state index contributed by atoms with van der Waals surface area (Å²) >= 11 is 0. The predicted molar refractivity (Wildman–Crippen MR) is 66.9 cm³/mol. The van der Waals surface area contributed by atoms with E-state index in [1.54, 1.807) is 25.7 Å². The highest BCUT2D eigenvalue weighted by Gasteiger charge is 2.63. The lowest BCUT2D eigenvalue weighted by Gasteiger charge is -2.02. The zero-order valence-corrected chi connectivity index (χ0v) is 11.0. The van der Waals surface area contributed by atoms with Crippen molar-refractivity contribution in [3.63, 3.8) is 0 Å². The molecule has 0 saturated heterocycles. The molecule has 90 valence electrons. The molecule has 4 aliphatic carbocycles. The SMILES string of the molecule is CC(C)C1CC1C1CC1C1CC1C1CC1C. The zero-order chi connectivity index (χ0) is 11.0. The summed E-state index contributed by atoms with van der Waals surface area (Å²) in [7, 11) is 0. The Kier molecular flexibility index (Phi) is 1.91. The van der Waals surface area contributed by atoms with Crippen molar-refractivity contribution in [2.24, 2.45) is 53.3 Å². The molecule has 4 aliphatic rings. The summed E-state index contributed by atoms with van der Waals surface area (Å²) < 4.78 is 0. The first-order chi connectivity index (χ1) is 7.66. The lowest BCUT2D eigenvalue weighted by atomic mass is 10.0. The molecule has 0 aromatic heterocycles. The molecule has 4 rings (SSSR count). The van der Waals surface area contributed by atoms with Crippen LogP contribution in [0.25, 0.3) is 0 Å². The van der Waals surface area contributed by atoms with E-state index in [1.165, 1.54) is 35.5 Å². The summed E-state index contributed by atoms with van der Waals surface area (Å²) in [6, 6.07) is 0. The van der Waals surface area contributed by atoms with Crippen LogP contribution < -0.4 is 0 Å². The molecule has 0 spiro atoms. The maximum absolute atomic E-state index is 2.46. The quantitative estimate of drug-likeness (QED) is 0.663. The van der Waals surface area contributed by atoms with Gasteiger partial charge in [-0.25, -0.2) is 0 Å². The largest absolute Gasteiger partial charge is 0.0625 e. The molecule has 0 aromatic carbocycles. The van der Waals surface area contributed by atoms with E-state index in [-0.39, 0.29) is 0 Å². The topological polar surface area (TPSA) is 0 Å². The van der Waals surface area contributed by atoms with Crippen molar-refractivity contribution in [2.45, 2.75) is 46.5 Å². The normalized spacial score (nSPS) is 62.2. The van der Waals surface area contributed by atoms with Gasteiger partial charge in [-0.05, 0) is 78.9 Å². The van der Waals surface area contributed by atoms with E-state index in [9.17, 15) is 0 Å². The van der Waals surface area contributed by atoms with Crippen LogP contribution in [0.3, 0.4) is 0 Å². The minimum absolute atomic E-state index is 0.963. The van der Waals surface area contributed by atoms with Gasteiger partial charge in [0.15, 0.2) is 0 Å². The molecular formula is C16H26. The van der Waals surface area contributed by atoms with Crippen molar-refractivity contribution in [1.29, 1.82) is 0 Å². The summed E-state index contributed by atoms with van der Waals surface area (Å²) in [4.78, 5) is 0. The average molecular weight is 218 g/mol. The summed E-state index contributed by atoms with van der Waals surface area (Å²) in [6.07, 6.45) is 6.39. The van der Waals surface area contributed by atoms with Crippen molar-refractivity contribution < 1.29 is 0 Å². The van der Waals surface area contributed by atoms with Crippen molar-refractivity contribution in [2.75, 3.05) is 0 Å². The molecule has 0 N–H and O–H groups in total. The van der Waals surface area contributed by atoms with Crippen molar-refractivity contribution in [3.05, 3.63) is 0 Å². The van der Waals surface area contributed by atoms with Crippen molar-refractivity contribution >= 4 is 0 Å². The Bertz CT molecular complexity index is 305. The van der Waals surface area contributed by atoms with Crippen LogP contribution in [0, 0.1) is 53.3 Å². The van der Waals surface area contributed by atoms with Gasteiger partial charge in [-0.2, -0.15) is 0 Å². The fourth-order valence-electron chi connectivity index (χ4n) is 4.88. The van der Waals surface area contributed by atoms with Crippen LogP contribution in [-0.2, 0) is 0 Å². The van der Waals surface area contributed by atoms with Crippen LogP contribution in [-0.4, -0.2) is 0 Å². The van der Waals surface area contributed by atoms with Gasteiger partial charge in [0.2, 0.25) is 0 Å². The molecule has 0 aromatic rings. The highest BCUT2D eigenvalue weighted by molar-refractivity contribution is 5.12. The van der Waals surface area contributed by atoms with Gasteiger partial charge < -0.3 is 0 Å². The van der Waals surface area contributed by atoms with E-state index >= 15 is 0 Å². The highest BCUT2D eigenvalue weighted by atomic mass is 14.7. The molecule has 0 heterocycles. The smallest absolute Gasteiger partial charge is 0.0349 e. The van der Waals surface area contributed by atoms with Crippen LogP contribution in [0.4, 0.5) is 0 Å². The second-order valence-electron chi connectivity index (χ2n) is 7.81. The Balaban J connectivity index is 1.28. The maximum Gasteiger partial charge on any atom is -0.0349 e. The van der Waals surface area contributed by atoms with E-state index in [2.05, 4.69) is 20.8 Å².